The van der Waals surface area contributed by atoms with Gasteiger partial charge in [0.25, 0.3) is 0 Å². The van der Waals surface area contributed by atoms with Crippen molar-refractivity contribution in [2.24, 2.45) is 0 Å². The highest BCUT2D eigenvalue weighted by Crippen LogP contribution is 2.30. The molecule has 0 aliphatic carbocycles. The SMILES string of the molecule is Cc1ccc(C2CCN(Cc3ccccc3)C2=O)cc1F. The molecule has 3 heteroatoms. The number of rotatable bonds is 3. The molecule has 0 aromatic heterocycles. The van der Waals surface area contributed by atoms with Crippen molar-refractivity contribution in [3.05, 3.63) is 71.0 Å². The topological polar surface area (TPSA) is 20.3 Å². The molecule has 0 bridgehead atoms. The minimum absolute atomic E-state index is 0.0992. The molecule has 1 heterocycles. The van der Waals surface area contributed by atoms with Crippen molar-refractivity contribution in [3.8, 4) is 0 Å². The lowest BCUT2D eigenvalue weighted by Gasteiger charge is -2.17. The molecule has 0 radical (unpaired) electrons. The Morgan fingerprint density at radius 3 is 2.67 bits per heavy atom. The Bertz CT molecular complexity index is 654. The van der Waals surface area contributed by atoms with Crippen LogP contribution in [0.25, 0.3) is 0 Å². The summed E-state index contributed by atoms with van der Waals surface area (Å²) in [5.41, 5.74) is 2.53. The highest BCUT2D eigenvalue weighted by Gasteiger charge is 2.32. The summed E-state index contributed by atoms with van der Waals surface area (Å²) in [5, 5.41) is 0. The Labute approximate surface area is 124 Å². The van der Waals surface area contributed by atoms with Crippen molar-refractivity contribution in [2.45, 2.75) is 25.8 Å². The number of benzene rings is 2. The quantitative estimate of drug-likeness (QED) is 0.842. The summed E-state index contributed by atoms with van der Waals surface area (Å²) >= 11 is 0. The zero-order valence-electron chi connectivity index (χ0n) is 12.1. The third kappa shape index (κ3) is 2.82. The van der Waals surface area contributed by atoms with E-state index in [1.165, 1.54) is 6.07 Å². The van der Waals surface area contributed by atoms with E-state index in [1.54, 1.807) is 13.0 Å². The van der Waals surface area contributed by atoms with Crippen LogP contribution in [-0.4, -0.2) is 17.4 Å². The monoisotopic (exact) mass is 283 g/mol. The molecular weight excluding hydrogens is 265 g/mol. The van der Waals surface area contributed by atoms with Gasteiger partial charge in [0.1, 0.15) is 5.82 Å². The van der Waals surface area contributed by atoms with Crippen LogP contribution in [0.1, 0.15) is 29.0 Å². The molecule has 3 rings (SSSR count). The number of aryl methyl sites for hydroxylation is 1. The molecule has 2 nitrogen and oxygen atoms in total. The van der Waals surface area contributed by atoms with E-state index in [4.69, 9.17) is 0 Å². The summed E-state index contributed by atoms with van der Waals surface area (Å²) in [4.78, 5) is 14.4. The van der Waals surface area contributed by atoms with E-state index in [-0.39, 0.29) is 17.6 Å². The van der Waals surface area contributed by atoms with Crippen molar-refractivity contribution in [3.63, 3.8) is 0 Å². The fourth-order valence-electron chi connectivity index (χ4n) is 2.83. The van der Waals surface area contributed by atoms with Crippen molar-refractivity contribution in [1.82, 2.24) is 4.90 Å². The summed E-state index contributed by atoms with van der Waals surface area (Å²) in [6.07, 6.45) is 0.758. The first-order valence-corrected chi connectivity index (χ1v) is 7.24. The van der Waals surface area contributed by atoms with Gasteiger partial charge in [-0.05, 0) is 36.1 Å². The van der Waals surface area contributed by atoms with Gasteiger partial charge < -0.3 is 4.90 Å². The van der Waals surface area contributed by atoms with Gasteiger partial charge in [-0.25, -0.2) is 4.39 Å². The van der Waals surface area contributed by atoms with Gasteiger partial charge in [-0.3, -0.25) is 4.79 Å². The van der Waals surface area contributed by atoms with Crippen LogP contribution in [0.5, 0.6) is 0 Å². The average molecular weight is 283 g/mol. The Morgan fingerprint density at radius 1 is 1.19 bits per heavy atom. The number of carbonyl (C=O) groups excluding carboxylic acids is 1. The van der Waals surface area contributed by atoms with Gasteiger partial charge in [0.2, 0.25) is 5.91 Å². The van der Waals surface area contributed by atoms with Crippen LogP contribution in [0.2, 0.25) is 0 Å². The molecule has 1 aliphatic heterocycles. The van der Waals surface area contributed by atoms with Gasteiger partial charge in [-0.2, -0.15) is 0 Å². The number of carbonyl (C=O) groups is 1. The van der Waals surface area contributed by atoms with E-state index < -0.39 is 0 Å². The van der Waals surface area contributed by atoms with E-state index in [2.05, 4.69) is 0 Å². The Balaban J connectivity index is 1.75. The molecule has 1 aliphatic rings. The Kier molecular flexibility index (Phi) is 3.74. The summed E-state index contributed by atoms with van der Waals surface area (Å²) in [6, 6.07) is 15.1. The second-order valence-corrected chi connectivity index (χ2v) is 5.60. The molecule has 2 aromatic rings. The van der Waals surface area contributed by atoms with Gasteiger partial charge in [0.05, 0.1) is 5.92 Å². The molecule has 1 fully saturated rings. The summed E-state index contributed by atoms with van der Waals surface area (Å²) < 4.78 is 13.7. The summed E-state index contributed by atoms with van der Waals surface area (Å²) in [5.74, 6) is -0.340. The van der Waals surface area contributed by atoms with Crippen molar-refractivity contribution >= 4 is 5.91 Å². The predicted molar refractivity (Wildman–Crippen MR) is 80.4 cm³/mol. The number of hydrogen-bond donors (Lipinski definition) is 0. The molecule has 21 heavy (non-hydrogen) atoms. The van der Waals surface area contributed by atoms with E-state index in [9.17, 15) is 9.18 Å². The Hall–Kier alpha value is -2.16. The van der Waals surface area contributed by atoms with E-state index in [0.717, 1.165) is 24.1 Å². The van der Waals surface area contributed by atoms with Crippen LogP contribution in [0.15, 0.2) is 48.5 Å². The number of amides is 1. The van der Waals surface area contributed by atoms with Crippen molar-refractivity contribution in [1.29, 1.82) is 0 Å². The first-order valence-electron chi connectivity index (χ1n) is 7.24. The molecule has 1 saturated heterocycles. The normalized spacial score (nSPS) is 18.3. The maximum absolute atomic E-state index is 13.7. The highest BCUT2D eigenvalue weighted by atomic mass is 19.1. The van der Waals surface area contributed by atoms with E-state index >= 15 is 0 Å². The minimum Gasteiger partial charge on any atom is -0.338 e. The lowest BCUT2D eigenvalue weighted by Crippen LogP contribution is -2.26. The highest BCUT2D eigenvalue weighted by molar-refractivity contribution is 5.85. The van der Waals surface area contributed by atoms with Gasteiger partial charge in [0, 0.05) is 13.1 Å². The number of nitrogens with zero attached hydrogens (tertiary/aromatic N) is 1. The number of likely N-dealkylation sites (tertiary alicyclic amines) is 1. The van der Waals surface area contributed by atoms with Crippen LogP contribution < -0.4 is 0 Å². The molecule has 1 atom stereocenters. The molecule has 1 unspecified atom stereocenters. The summed E-state index contributed by atoms with van der Waals surface area (Å²) in [6.45, 7) is 3.09. The first kappa shape index (κ1) is 13.8. The smallest absolute Gasteiger partial charge is 0.230 e. The maximum atomic E-state index is 13.7. The molecular formula is C18H18FNO. The zero-order chi connectivity index (χ0) is 14.8. The van der Waals surface area contributed by atoms with Gasteiger partial charge >= 0.3 is 0 Å². The van der Waals surface area contributed by atoms with Gasteiger partial charge in [-0.1, -0.05) is 42.5 Å². The first-order chi connectivity index (χ1) is 10.1. The molecule has 2 aromatic carbocycles. The average Bonchev–Trinajstić information content (AvgIpc) is 2.84. The van der Waals surface area contributed by atoms with Gasteiger partial charge in [0.15, 0.2) is 0 Å². The van der Waals surface area contributed by atoms with Crippen LogP contribution in [0.4, 0.5) is 4.39 Å². The van der Waals surface area contributed by atoms with E-state index in [0.29, 0.717) is 12.1 Å². The number of halogens is 1. The summed E-state index contributed by atoms with van der Waals surface area (Å²) in [7, 11) is 0. The second kappa shape index (κ2) is 5.68. The van der Waals surface area contributed by atoms with Crippen LogP contribution in [-0.2, 0) is 11.3 Å². The molecule has 0 N–H and O–H groups in total. The molecule has 108 valence electrons. The van der Waals surface area contributed by atoms with Crippen LogP contribution in [0.3, 0.4) is 0 Å². The van der Waals surface area contributed by atoms with Crippen LogP contribution in [0, 0.1) is 12.7 Å². The number of hydrogen-bond acceptors (Lipinski definition) is 1. The Morgan fingerprint density at radius 2 is 1.95 bits per heavy atom. The van der Waals surface area contributed by atoms with E-state index in [1.807, 2.05) is 41.3 Å². The maximum Gasteiger partial charge on any atom is 0.230 e. The predicted octanol–water partition coefficient (Wildman–Crippen LogP) is 3.65. The van der Waals surface area contributed by atoms with Gasteiger partial charge in [-0.15, -0.1) is 0 Å². The third-order valence-electron chi connectivity index (χ3n) is 4.11. The zero-order valence-corrected chi connectivity index (χ0v) is 12.1. The fourth-order valence-corrected chi connectivity index (χ4v) is 2.83. The van der Waals surface area contributed by atoms with Crippen molar-refractivity contribution < 1.29 is 9.18 Å². The van der Waals surface area contributed by atoms with Crippen molar-refractivity contribution in [2.75, 3.05) is 6.54 Å². The largest absolute Gasteiger partial charge is 0.338 e. The minimum atomic E-state index is -0.234. The lowest BCUT2D eigenvalue weighted by atomic mass is 9.96. The standard InChI is InChI=1S/C18H18FNO/c1-13-7-8-15(11-17(13)19)16-9-10-20(18(16)21)12-14-5-3-2-4-6-14/h2-8,11,16H,9-10,12H2,1H3. The fraction of sp³-hybridized carbons (Fsp3) is 0.278. The molecule has 0 saturated carbocycles. The second-order valence-electron chi connectivity index (χ2n) is 5.60. The third-order valence-corrected chi connectivity index (χ3v) is 4.11. The molecule has 0 spiro atoms. The lowest BCUT2D eigenvalue weighted by molar-refractivity contribution is -0.129. The molecule has 1 amide bonds. The van der Waals surface area contributed by atoms with Crippen LogP contribution >= 0.6 is 0 Å².